The Hall–Kier alpha value is -3.70. The Bertz CT molecular complexity index is 1470. The van der Waals surface area contributed by atoms with Crippen molar-refractivity contribution in [2.45, 2.75) is 104 Å². The number of hydrogen-bond acceptors (Lipinski definition) is 7. The molecule has 10 nitrogen and oxygen atoms in total. The maximum absolute atomic E-state index is 15.7. The summed E-state index contributed by atoms with van der Waals surface area (Å²) >= 11 is 0. The van der Waals surface area contributed by atoms with E-state index in [0.717, 1.165) is 18.4 Å². The Labute approximate surface area is 290 Å². The van der Waals surface area contributed by atoms with Crippen LogP contribution >= 0.6 is 0 Å². The smallest absolute Gasteiger partial charge is 0.410 e. The van der Waals surface area contributed by atoms with Gasteiger partial charge in [-0.25, -0.2) is 9.18 Å². The van der Waals surface area contributed by atoms with Crippen LogP contribution in [0.5, 0.6) is 5.75 Å². The zero-order chi connectivity index (χ0) is 35.9. The average molecular weight is 684 g/mol. The highest BCUT2D eigenvalue weighted by atomic mass is 19.1. The molecule has 0 radical (unpaired) electrons. The maximum atomic E-state index is 15.7. The molecule has 0 bridgehead atoms. The number of piperidine rings is 2. The third-order valence-corrected chi connectivity index (χ3v) is 9.05. The molecule has 2 fully saturated rings. The van der Waals surface area contributed by atoms with Gasteiger partial charge in [-0.05, 0) is 103 Å². The van der Waals surface area contributed by atoms with Crippen LogP contribution in [-0.2, 0) is 15.9 Å². The maximum Gasteiger partial charge on any atom is 0.410 e. The highest BCUT2D eigenvalue weighted by Gasteiger charge is 2.35. The predicted molar refractivity (Wildman–Crippen MR) is 186 cm³/mol. The molecule has 0 saturated carbocycles. The van der Waals surface area contributed by atoms with Crippen LogP contribution < -0.4 is 4.74 Å². The molecule has 11 heteroatoms. The first-order chi connectivity index (χ1) is 23.2. The first-order valence-corrected chi connectivity index (χ1v) is 17.6. The number of carbonyl (C=O) groups is 3. The molecule has 2 heterocycles. The lowest BCUT2D eigenvalue weighted by Crippen LogP contribution is -2.54. The van der Waals surface area contributed by atoms with Crippen molar-refractivity contribution in [1.82, 2.24) is 14.7 Å². The van der Waals surface area contributed by atoms with Gasteiger partial charge in [-0.15, -0.1) is 0 Å². The van der Waals surface area contributed by atoms with Crippen LogP contribution in [0.4, 0.5) is 9.18 Å². The molecule has 270 valence electrons. The van der Waals surface area contributed by atoms with Crippen molar-refractivity contribution in [3.05, 3.63) is 52.8 Å². The number of ether oxygens (including phenoxy) is 3. The molecule has 0 aliphatic carbocycles. The summed E-state index contributed by atoms with van der Waals surface area (Å²) in [5.74, 6) is -0.586. The minimum Gasteiger partial charge on any atom is -0.493 e. The number of hydrogen-bond donors (Lipinski definition) is 1. The number of aliphatic hydroxyl groups excluding tert-OH is 1. The summed E-state index contributed by atoms with van der Waals surface area (Å²) in [6.45, 7) is 13.9. The lowest BCUT2D eigenvalue weighted by molar-refractivity contribution is 0.00749. The number of halogens is 1. The van der Waals surface area contributed by atoms with Gasteiger partial charge in [0.1, 0.15) is 17.2 Å². The SMILES string of the molecule is CCc1cc(-c2cc(C(=O)N3CCC(O)CC3)ccc2F)c(OCCCOC)cc1C(=O)N(C(C)C)[C@@H]1CCCN(C(=O)OC(C)(C)C)C1. The number of likely N-dealkylation sites (tertiary alicyclic amines) is 2. The third kappa shape index (κ3) is 9.72. The summed E-state index contributed by atoms with van der Waals surface area (Å²) in [6.07, 6.45) is 2.74. The number of benzene rings is 2. The molecule has 3 amide bonds. The van der Waals surface area contributed by atoms with Crippen molar-refractivity contribution in [2.75, 3.05) is 46.5 Å². The number of aryl methyl sites for hydroxylation is 1. The van der Waals surface area contributed by atoms with E-state index in [2.05, 4.69) is 0 Å². The summed E-state index contributed by atoms with van der Waals surface area (Å²) < 4.78 is 32.7. The Morgan fingerprint density at radius 1 is 1.00 bits per heavy atom. The van der Waals surface area contributed by atoms with E-state index in [1.807, 2.05) is 46.4 Å². The van der Waals surface area contributed by atoms with E-state index in [1.165, 1.54) is 12.1 Å². The molecular weight excluding hydrogens is 629 g/mol. The minimum atomic E-state index is -0.627. The molecular formula is C38H54FN3O7. The molecule has 0 aromatic heterocycles. The van der Waals surface area contributed by atoms with E-state index in [1.54, 1.807) is 35.1 Å². The molecule has 0 unspecified atom stereocenters. The van der Waals surface area contributed by atoms with Crippen LogP contribution in [0.1, 0.15) is 99.9 Å². The zero-order valence-electron chi connectivity index (χ0n) is 30.2. The summed E-state index contributed by atoms with van der Waals surface area (Å²) in [4.78, 5) is 46.1. The summed E-state index contributed by atoms with van der Waals surface area (Å²) in [5.41, 5.74) is 1.55. The summed E-state index contributed by atoms with van der Waals surface area (Å²) in [7, 11) is 1.61. The van der Waals surface area contributed by atoms with Crippen molar-refractivity contribution >= 4 is 17.9 Å². The van der Waals surface area contributed by atoms with E-state index in [-0.39, 0.29) is 42.2 Å². The summed E-state index contributed by atoms with van der Waals surface area (Å²) in [5, 5.41) is 9.91. The number of nitrogens with zero attached hydrogens (tertiary/aromatic N) is 3. The minimum absolute atomic E-state index is 0.164. The van der Waals surface area contributed by atoms with Crippen LogP contribution in [-0.4, -0.2) is 108 Å². The highest BCUT2D eigenvalue weighted by molar-refractivity contribution is 5.99. The second kappa shape index (κ2) is 16.8. The first-order valence-electron chi connectivity index (χ1n) is 17.6. The average Bonchev–Trinajstić information content (AvgIpc) is 3.06. The van der Waals surface area contributed by atoms with Crippen molar-refractivity contribution in [1.29, 1.82) is 0 Å². The number of methoxy groups -OCH3 is 1. The van der Waals surface area contributed by atoms with Gasteiger partial charge >= 0.3 is 6.09 Å². The monoisotopic (exact) mass is 683 g/mol. The topological polar surface area (TPSA) is 109 Å². The molecule has 49 heavy (non-hydrogen) atoms. The van der Waals surface area contributed by atoms with E-state index in [0.29, 0.717) is 80.9 Å². The van der Waals surface area contributed by atoms with E-state index >= 15 is 4.39 Å². The van der Waals surface area contributed by atoms with Gasteiger partial charge in [-0.1, -0.05) is 6.92 Å². The number of rotatable bonds is 11. The molecule has 2 aliphatic heterocycles. The van der Waals surface area contributed by atoms with Crippen molar-refractivity contribution < 1.29 is 38.1 Å². The number of aliphatic hydroxyl groups is 1. The van der Waals surface area contributed by atoms with Gasteiger partial charge in [0.25, 0.3) is 11.8 Å². The Kier molecular flexibility index (Phi) is 13.1. The largest absolute Gasteiger partial charge is 0.493 e. The van der Waals surface area contributed by atoms with Gasteiger partial charge in [-0.2, -0.15) is 0 Å². The third-order valence-electron chi connectivity index (χ3n) is 9.05. The lowest BCUT2D eigenvalue weighted by atomic mass is 9.93. The second-order valence-electron chi connectivity index (χ2n) is 14.3. The Morgan fingerprint density at radius 2 is 1.71 bits per heavy atom. The van der Waals surface area contributed by atoms with Gasteiger partial charge < -0.3 is 34.0 Å². The fourth-order valence-electron chi connectivity index (χ4n) is 6.58. The van der Waals surface area contributed by atoms with Crippen molar-refractivity contribution in [3.8, 4) is 16.9 Å². The number of carbonyl (C=O) groups excluding carboxylic acids is 3. The van der Waals surface area contributed by atoms with Crippen molar-refractivity contribution in [2.24, 2.45) is 0 Å². The molecule has 0 spiro atoms. The van der Waals surface area contributed by atoms with Crippen LogP contribution in [0.25, 0.3) is 11.1 Å². The van der Waals surface area contributed by atoms with Gasteiger partial charge in [0.15, 0.2) is 0 Å². The van der Waals surface area contributed by atoms with Crippen molar-refractivity contribution in [3.63, 3.8) is 0 Å². The van der Waals surface area contributed by atoms with Crippen LogP contribution in [0, 0.1) is 5.82 Å². The highest BCUT2D eigenvalue weighted by Crippen LogP contribution is 2.37. The van der Waals surface area contributed by atoms with Crippen LogP contribution in [0.15, 0.2) is 30.3 Å². The van der Waals surface area contributed by atoms with E-state index in [4.69, 9.17) is 14.2 Å². The fourth-order valence-corrected chi connectivity index (χ4v) is 6.58. The van der Waals surface area contributed by atoms with E-state index < -0.39 is 17.5 Å². The van der Waals surface area contributed by atoms with Gasteiger partial charge in [0.2, 0.25) is 0 Å². The number of amides is 3. The molecule has 2 saturated heterocycles. The van der Waals surface area contributed by atoms with Crippen LogP contribution in [0.3, 0.4) is 0 Å². The standard InChI is InChI=1S/C38H54FN3O7/c1-8-26-21-32(31-22-27(12-13-33(31)39)35(44)40-17-14-29(43)15-18-40)34(48-20-10-19-47-7)23-30(26)36(45)42(25(2)3)28-11-9-16-41(24-28)37(46)49-38(4,5)6/h12-13,21-23,25,28-29,43H,8-11,14-20,24H2,1-7H3/t28-/m1/s1. The molecule has 2 aliphatic rings. The predicted octanol–water partition coefficient (Wildman–Crippen LogP) is 6.32. The molecule has 4 rings (SSSR count). The molecule has 2 aromatic rings. The lowest BCUT2D eigenvalue weighted by Gasteiger charge is -2.42. The Balaban J connectivity index is 1.72. The normalized spacial score (nSPS) is 17.3. The zero-order valence-corrected chi connectivity index (χ0v) is 30.2. The Morgan fingerprint density at radius 3 is 2.35 bits per heavy atom. The van der Waals surface area contributed by atoms with Crippen LogP contribution in [0.2, 0.25) is 0 Å². The molecule has 2 aromatic carbocycles. The first kappa shape index (κ1) is 38.1. The molecule has 1 atom stereocenters. The van der Waals surface area contributed by atoms with Gasteiger partial charge in [0, 0.05) is 74.6 Å². The van der Waals surface area contributed by atoms with Gasteiger partial charge in [-0.3, -0.25) is 9.59 Å². The molecule has 1 N–H and O–H groups in total. The summed E-state index contributed by atoms with van der Waals surface area (Å²) in [6, 6.07) is 7.44. The fraction of sp³-hybridized carbons (Fsp3) is 0.605. The second-order valence-corrected chi connectivity index (χ2v) is 14.3. The van der Waals surface area contributed by atoms with E-state index in [9.17, 15) is 19.5 Å². The van der Waals surface area contributed by atoms with Gasteiger partial charge in [0.05, 0.1) is 18.8 Å². The quantitative estimate of drug-likeness (QED) is 0.276.